The first kappa shape index (κ1) is 23.1. The van der Waals surface area contributed by atoms with E-state index in [0.717, 1.165) is 18.7 Å². The van der Waals surface area contributed by atoms with Crippen LogP contribution in [-0.4, -0.2) is 40.8 Å². The predicted molar refractivity (Wildman–Crippen MR) is 127 cm³/mol. The number of halogens is 1. The van der Waals surface area contributed by atoms with Crippen LogP contribution in [0.2, 0.25) is 5.28 Å². The van der Waals surface area contributed by atoms with Crippen molar-refractivity contribution >= 4 is 41.1 Å². The van der Waals surface area contributed by atoms with Crippen LogP contribution < -0.4 is 10.2 Å². The number of likely N-dealkylation sites (N-methyl/N-ethyl adjacent to an activating group) is 1. The van der Waals surface area contributed by atoms with Gasteiger partial charge in [0.15, 0.2) is 0 Å². The molecule has 0 unspecified atom stereocenters. The molecular formula is C24H24ClN5O2. The first-order chi connectivity index (χ1) is 15.5. The highest BCUT2D eigenvalue weighted by molar-refractivity contribution is 6.28. The topological polar surface area (TPSA) is 78.4 Å². The minimum absolute atomic E-state index is 0.0457. The number of aromatic nitrogens is 2. The van der Waals surface area contributed by atoms with Crippen molar-refractivity contribution in [2.24, 2.45) is 0 Å². The number of hydrogen-bond acceptors (Lipinski definition) is 5. The van der Waals surface area contributed by atoms with Crippen molar-refractivity contribution in [2.75, 3.05) is 23.8 Å². The van der Waals surface area contributed by atoms with E-state index in [1.54, 1.807) is 30.5 Å². The largest absolute Gasteiger partial charge is 0.322 e. The molecule has 2 amide bonds. The zero-order chi connectivity index (χ0) is 22.9. The molecule has 0 radical (unpaired) electrons. The molecule has 0 saturated heterocycles. The van der Waals surface area contributed by atoms with Gasteiger partial charge < -0.3 is 10.2 Å². The van der Waals surface area contributed by atoms with Crippen LogP contribution in [0.1, 0.15) is 11.1 Å². The van der Waals surface area contributed by atoms with Crippen molar-refractivity contribution in [3.05, 3.63) is 89.9 Å². The molecule has 0 atom stereocenters. The van der Waals surface area contributed by atoms with E-state index in [9.17, 15) is 9.59 Å². The van der Waals surface area contributed by atoms with Crippen LogP contribution in [0.15, 0.2) is 73.4 Å². The summed E-state index contributed by atoms with van der Waals surface area (Å²) < 4.78 is 0. The number of nitrogens with one attached hydrogen (secondary N) is 1. The van der Waals surface area contributed by atoms with Gasteiger partial charge in [-0.05, 0) is 54.9 Å². The monoisotopic (exact) mass is 449 g/mol. The summed E-state index contributed by atoms with van der Waals surface area (Å²) in [5.74, 6) is 0.0623. The van der Waals surface area contributed by atoms with Gasteiger partial charge in [-0.1, -0.05) is 43.0 Å². The fraction of sp³-hybridized carbons (Fsp3) is 0.167. The van der Waals surface area contributed by atoms with Crippen LogP contribution in [-0.2, 0) is 22.6 Å². The van der Waals surface area contributed by atoms with Gasteiger partial charge in [-0.25, -0.2) is 4.98 Å². The molecule has 0 fully saturated rings. The van der Waals surface area contributed by atoms with Crippen LogP contribution in [0, 0.1) is 0 Å². The van der Waals surface area contributed by atoms with Crippen LogP contribution in [0.3, 0.4) is 0 Å². The fourth-order valence-electron chi connectivity index (χ4n) is 3.21. The molecule has 1 heterocycles. The third kappa shape index (κ3) is 6.23. The lowest BCUT2D eigenvalue weighted by atomic mass is 10.1. The Morgan fingerprint density at radius 1 is 1.19 bits per heavy atom. The van der Waals surface area contributed by atoms with Crippen molar-refractivity contribution in [3.63, 3.8) is 0 Å². The molecule has 2 aromatic carbocycles. The molecule has 164 valence electrons. The Morgan fingerprint density at radius 3 is 2.69 bits per heavy atom. The van der Waals surface area contributed by atoms with Gasteiger partial charge in [0, 0.05) is 30.5 Å². The summed E-state index contributed by atoms with van der Waals surface area (Å²) >= 11 is 6.05. The van der Waals surface area contributed by atoms with E-state index in [2.05, 4.69) is 38.9 Å². The Hall–Kier alpha value is -3.55. The first-order valence-corrected chi connectivity index (χ1v) is 10.4. The highest BCUT2D eigenvalue weighted by Gasteiger charge is 2.17. The summed E-state index contributed by atoms with van der Waals surface area (Å²) in [7, 11) is 2.03. The van der Waals surface area contributed by atoms with E-state index in [-0.39, 0.29) is 11.2 Å². The van der Waals surface area contributed by atoms with E-state index in [1.165, 1.54) is 16.5 Å². The van der Waals surface area contributed by atoms with Crippen LogP contribution >= 0.6 is 11.6 Å². The molecule has 32 heavy (non-hydrogen) atoms. The van der Waals surface area contributed by atoms with Gasteiger partial charge in [-0.15, -0.1) is 0 Å². The Morgan fingerprint density at radius 2 is 1.97 bits per heavy atom. The molecule has 7 nitrogen and oxygen atoms in total. The van der Waals surface area contributed by atoms with Gasteiger partial charge in [0.25, 0.3) is 0 Å². The average molecular weight is 450 g/mol. The second-order valence-corrected chi connectivity index (χ2v) is 7.52. The molecule has 0 aliphatic rings. The van der Waals surface area contributed by atoms with Gasteiger partial charge in [-0.2, -0.15) is 4.98 Å². The number of nitrogens with zero attached hydrogens (tertiary/aromatic N) is 4. The highest BCUT2D eigenvalue weighted by atomic mass is 35.5. The number of carbonyl (C=O) groups is 2. The van der Waals surface area contributed by atoms with E-state index in [1.807, 2.05) is 25.2 Å². The molecule has 0 aliphatic carbocycles. The molecule has 0 aliphatic heterocycles. The van der Waals surface area contributed by atoms with Crippen molar-refractivity contribution < 1.29 is 9.59 Å². The van der Waals surface area contributed by atoms with Gasteiger partial charge >= 0.3 is 0 Å². The number of amides is 2. The molecule has 1 aromatic heterocycles. The number of benzene rings is 2. The van der Waals surface area contributed by atoms with Gasteiger partial charge in [0.2, 0.25) is 17.6 Å². The van der Waals surface area contributed by atoms with E-state index < -0.39 is 0 Å². The zero-order valence-electron chi connectivity index (χ0n) is 17.7. The first-order valence-electron chi connectivity index (χ1n) is 10.0. The molecule has 0 saturated carbocycles. The molecule has 1 N–H and O–H groups in total. The third-order valence-electron chi connectivity index (χ3n) is 4.78. The molecule has 8 heteroatoms. The summed E-state index contributed by atoms with van der Waals surface area (Å²) in [6.45, 7) is 4.98. The average Bonchev–Trinajstić information content (AvgIpc) is 2.80. The Balaban J connectivity index is 1.81. The minimum Gasteiger partial charge on any atom is -0.322 e. The minimum atomic E-state index is -0.341. The number of rotatable bonds is 10. The van der Waals surface area contributed by atoms with Gasteiger partial charge in [-0.3, -0.25) is 14.5 Å². The summed E-state index contributed by atoms with van der Waals surface area (Å²) in [4.78, 5) is 35.7. The van der Waals surface area contributed by atoms with Crippen molar-refractivity contribution in [3.8, 4) is 0 Å². The summed E-state index contributed by atoms with van der Waals surface area (Å²) in [6, 6.07) is 17.1. The fourth-order valence-corrected chi connectivity index (χ4v) is 3.34. The summed E-state index contributed by atoms with van der Waals surface area (Å²) in [5.41, 5.74) is 3.07. The zero-order valence-corrected chi connectivity index (χ0v) is 18.5. The maximum atomic E-state index is 12.0. The van der Waals surface area contributed by atoms with Crippen molar-refractivity contribution in [1.29, 1.82) is 0 Å². The smallest absolute Gasteiger partial charge is 0.247 e. The van der Waals surface area contributed by atoms with Crippen LogP contribution in [0.5, 0.6) is 0 Å². The van der Waals surface area contributed by atoms with Gasteiger partial charge in [0.05, 0.1) is 5.69 Å². The SMILES string of the molecule is C=CC(=O)Nc1cccc(N(C=O)c2nc(Cl)ncc2CCN(C)Cc2ccccc2)c1. The second kappa shape index (κ2) is 11.2. The molecule has 3 aromatic rings. The van der Waals surface area contributed by atoms with Gasteiger partial charge in [0.1, 0.15) is 5.82 Å². The highest BCUT2D eigenvalue weighted by Crippen LogP contribution is 2.28. The van der Waals surface area contributed by atoms with Crippen LogP contribution in [0.4, 0.5) is 17.2 Å². The number of anilines is 3. The normalized spacial score (nSPS) is 10.6. The molecule has 3 rings (SSSR count). The van der Waals surface area contributed by atoms with E-state index in [0.29, 0.717) is 30.0 Å². The van der Waals surface area contributed by atoms with Crippen LogP contribution in [0.25, 0.3) is 0 Å². The number of hydrogen-bond donors (Lipinski definition) is 1. The summed E-state index contributed by atoms with van der Waals surface area (Å²) in [6.07, 6.45) is 4.11. The molecule has 0 bridgehead atoms. The third-order valence-corrected chi connectivity index (χ3v) is 4.96. The lowest BCUT2D eigenvalue weighted by molar-refractivity contribution is -0.112. The Labute approximate surface area is 192 Å². The second-order valence-electron chi connectivity index (χ2n) is 7.18. The lowest BCUT2D eigenvalue weighted by Crippen LogP contribution is -2.23. The lowest BCUT2D eigenvalue weighted by Gasteiger charge is -2.22. The predicted octanol–water partition coefficient (Wildman–Crippen LogP) is 4.22. The van der Waals surface area contributed by atoms with Crippen molar-refractivity contribution in [1.82, 2.24) is 14.9 Å². The Bertz CT molecular complexity index is 1090. The maximum Gasteiger partial charge on any atom is 0.247 e. The van der Waals surface area contributed by atoms with Crippen molar-refractivity contribution in [2.45, 2.75) is 13.0 Å². The standard InChI is InChI=1S/C24H24ClN5O2/c1-3-22(32)27-20-10-7-11-21(14-20)30(17-31)23-19(15-26-24(25)28-23)12-13-29(2)16-18-8-5-4-6-9-18/h3-11,14-15,17H,1,12-13,16H2,2H3,(H,27,32). The number of carbonyl (C=O) groups excluding carboxylic acids is 2. The molecular weight excluding hydrogens is 426 g/mol. The molecule has 0 spiro atoms. The quantitative estimate of drug-likeness (QED) is 0.285. The summed E-state index contributed by atoms with van der Waals surface area (Å²) in [5, 5.41) is 2.73. The maximum absolute atomic E-state index is 12.0. The van der Waals surface area contributed by atoms with E-state index >= 15 is 0 Å². The Kier molecular flexibility index (Phi) is 8.08. The van der Waals surface area contributed by atoms with E-state index in [4.69, 9.17) is 11.6 Å².